The van der Waals surface area contributed by atoms with Gasteiger partial charge in [-0.1, -0.05) is 0 Å². The Balaban J connectivity index is 1.97. The molecule has 0 aliphatic carbocycles. The van der Waals surface area contributed by atoms with Gasteiger partial charge in [0, 0.05) is 11.1 Å². The summed E-state index contributed by atoms with van der Waals surface area (Å²) in [6.07, 6.45) is 0. The quantitative estimate of drug-likeness (QED) is 0.764. The largest absolute Gasteiger partial charge is 0.321 e. The molecule has 110 valence electrons. The van der Waals surface area contributed by atoms with E-state index in [1.54, 1.807) is 0 Å². The molecule has 0 unspecified atom stereocenters. The van der Waals surface area contributed by atoms with Crippen LogP contribution in [0.3, 0.4) is 0 Å². The van der Waals surface area contributed by atoms with E-state index in [0.717, 1.165) is 0 Å². The maximum Gasteiger partial charge on any atom is 0.272 e. The minimum atomic E-state index is -0.574. The van der Waals surface area contributed by atoms with Crippen molar-refractivity contribution in [3.63, 3.8) is 0 Å². The van der Waals surface area contributed by atoms with Gasteiger partial charge in [0.15, 0.2) is 0 Å². The molecule has 0 saturated carbocycles. The third-order valence-corrected chi connectivity index (χ3v) is 3.15. The predicted molar refractivity (Wildman–Crippen MR) is 78.9 cm³/mol. The summed E-state index contributed by atoms with van der Waals surface area (Å²) in [4.78, 5) is 26.5. The molecule has 0 fully saturated rings. The van der Waals surface area contributed by atoms with Crippen molar-refractivity contribution in [2.45, 2.75) is 0 Å². The Bertz CT molecular complexity index is 918. The number of nitrogens with one attached hydrogen (secondary N) is 2. The number of halogens is 2. The minimum Gasteiger partial charge on any atom is -0.321 e. The highest BCUT2D eigenvalue weighted by molar-refractivity contribution is 6.04. The SMILES string of the molecule is O=C(Nc1ccc(F)cc1)c1cc2cc(F)ccc2c(=O)[nH]1. The van der Waals surface area contributed by atoms with Gasteiger partial charge < -0.3 is 10.3 Å². The topological polar surface area (TPSA) is 62.0 Å². The number of pyridine rings is 1. The van der Waals surface area contributed by atoms with E-state index < -0.39 is 23.1 Å². The molecule has 2 aromatic carbocycles. The average molecular weight is 300 g/mol. The monoisotopic (exact) mass is 300 g/mol. The van der Waals surface area contributed by atoms with E-state index in [-0.39, 0.29) is 5.69 Å². The number of carbonyl (C=O) groups excluding carboxylic acids is 1. The van der Waals surface area contributed by atoms with Crippen LogP contribution in [0, 0.1) is 11.6 Å². The summed E-state index contributed by atoms with van der Waals surface area (Å²) in [5.41, 5.74) is -0.110. The third kappa shape index (κ3) is 2.71. The molecule has 1 aromatic heterocycles. The van der Waals surface area contributed by atoms with E-state index in [4.69, 9.17) is 0 Å². The molecular formula is C16H10F2N2O2. The summed E-state index contributed by atoms with van der Waals surface area (Å²) in [6, 6.07) is 10.3. The molecule has 22 heavy (non-hydrogen) atoms. The number of aromatic nitrogens is 1. The van der Waals surface area contributed by atoms with Crippen molar-refractivity contribution in [1.29, 1.82) is 0 Å². The first kappa shape index (κ1) is 13.9. The zero-order valence-corrected chi connectivity index (χ0v) is 11.2. The highest BCUT2D eigenvalue weighted by atomic mass is 19.1. The molecule has 0 aliphatic heterocycles. The van der Waals surface area contributed by atoms with Crippen LogP contribution in [0.1, 0.15) is 10.5 Å². The predicted octanol–water partition coefficient (Wildman–Crippen LogP) is 3.06. The van der Waals surface area contributed by atoms with Gasteiger partial charge in [-0.2, -0.15) is 0 Å². The van der Waals surface area contributed by atoms with Crippen LogP contribution in [-0.4, -0.2) is 10.9 Å². The second-order valence-electron chi connectivity index (χ2n) is 4.70. The normalized spacial score (nSPS) is 10.6. The number of amides is 1. The van der Waals surface area contributed by atoms with Crippen LogP contribution in [0.5, 0.6) is 0 Å². The molecule has 2 N–H and O–H groups in total. The standard InChI is InChI=1S/C16H10F2N2O2/c17-10-1-4-12(5-2-10)19-16(22)14-8-9-7-11(18)3-6-13(9)15(21)20-14/h1-8H,(H,19,22)(H,20,21). The van der Waals surface area contributed by atoms with Crippen molar-refractivity contribution in [2.75, 3.05) is 5.32 Å². The van der Waals surface area contributed by atoms with E-state index in [1.807, 2.05) is 0 Å². The Morgan fingerprint density at radius 3 is 2.36 bits per heavy atom. The Morgan fingerprint density at radius 1 is 0.955 bits per heavy atom. The number of rotatable bonds is 2. The average Bonchev–Trinajstić information content (AvgIpc) is 2.49. The van der Waals surface area contributed by atoms with Crippen LogP contribution in [0.25, 0.3) is 10.8 Å². The first-order chi connectivity index (χ1) is 10.5. The van der Waals surface area contributed by atoms with Gasteiger partial charge in [0.2, 0.25) is 0 Å². The summed E-state index contributed by atoms with van der Waals surface area (Å²) in [5, 5.41) is 3.14. The van der Waals surface area contributed by atoms with Gasteiger partial charge in [-0.05, 0) is 53.9 Å². The van der Waals surface area contributed by atoms with Gasteiger partial charge in [0.05, 0.1) is 0 Å². The lowest BCUT2D eigenvalue weighted by molar-refractivity contribution is 0.102. The van der Waals surface area contributed by atoms with Gasteiger partial charge in [-0.3, -0.25) is 9.59 Å². The van der Waals surface area contributed by atoms with E-state index in [1.165, 1.54) is 48.5 Å². The second kappa shape index (κ2) is 5.40. The molecule has 0 bridgehead atoms. The highest BCUT2D eigenvalue weighted by Crippen LogP contribution is 2.14. The summed E-state index contributed by atoms with van der Waals surface area (Å²) >= 11 is 0. The van der Waals surface area contributed by atoms with E-state index in [2.05, 4.69) is 10.3 Å². The molecule has 0 aliphatic rings. The van der Waals surface area contributed by atoms with E-state index >= 15 is 0 Å². The van der Waals surface area contributed by atoms with Crippen molar-refractivity contribution < 1.29 is 13.6 Å². The molecule has 1 heterocycles. The molecule has 0 spiro atoms. The number of carbonyl (C=O) groups is 1. The van der Waals surface area contributed by atoms with Crippen molar-refractivity contribution in [2.24, 2.45) is 0 Å². The first-order valence-corrected chi connectivity index (χ1v) is 6.42. The van der Waals surface area contributed by atoms with Crippen LogP contribution in [-0.2, 0) is 0 Å². The van der Waals surface area contributed by atoms with Crippen LogP contribution >= 0.6 is 0 Å². The fraction of sp³-hybridized carbons (Fsp3) is 0. The second-order valence-corrected chi connectivity index (χ2v) is 4.70. The lowest BCUT2D eigenvalue weighted by Gasteiger charge is -2.06. The Labute approximate surface area is 123 Å². The Kier molecular flexibility index (Phi) is 3.42. The summed E-state index contributed by atoms with van der Waals surface area (Å²) in [5.74, 6) is -1.49. The number of H-pyrrole nitrogens is 1. The number of anilines is 1. The molecule has 4 nitrogen and oxygen atoms in total. The Morgan fingerprint density at radius 2 is 1.64 bits per heavy atom. The lowest BCUT2D eigenvalue weighted by Crippen LogP contribution is -2.19. The molecule has 0 saturated heterocycles. The maximum absolute atomic E-state index is 13.2. The molecule has 3 aromatic rings. The molecular weight excluding hydrogens is 290 g/mol. The fourth-order valence-electron chi connectivity index (χ4n) is 2.09. The van der Waals surface area contributed by atoms with Gasteiger partial charge >= 0.3 is 0 Å². The smallest absolute Gasteiger partial charge is 0.272 e. The van der Waals surface area contributed by atoms with E-state index in [9.17, 15) is 18.4 Å². The van der Waals surface area contributed by atoms with Gasteiger partial charge in [0.1, 0.15) is 17.3 Å². The number of benzene rings is 2. The number of hydrogen-bond acceptors (Lipinski definition) is 2. The van der Waals surface area contributed by atoms with Gasteiger partial charge in [-0.25, -0.2) is 8.78 Å². The van der Waals surface area contributed by atoms with Crippen molar-refractivity contribution >= 4 is 22.4 Å². The fourth-order valence-corrected chi connectivity index (χ4v) is 2.09. The van der Waals surface area contributed by atoms with Crippen LogP contribution in [0.15, 0.2) is 53.3 Å². The minimum absolute atomic E-state index is 0.00701. The summed E-state index contributed by atoms with van der Waals surface area (Å²) in [6.45, 7) is 0. The zero-order chi connectivity index (χ0) is 15.7. The third-order valence-electron chi connectivity index (χ3n) is 3.15. The molecule has 1 amide bonds. The maximum atomic E-state index is 13.2. The summed E-state index contributed by atoms with van der Waals surface area (Å²) in [7, 11) is 0. The molecule has 0 radical (unpaired) electrons. The van der Waals surface area contributed by atoms with Crippen molar-refractivity contribution in [1.82, 2.24) is 4.98 Å². The number of fused-ring (bicyclic) bond motifs is 1. The number of hydrogen-bond donors (Lipinski definition) is 2. The summed E-state index contributed by atoms with van der Waals surface area (Å²) < 4.78 is 26.1. The van der Waals surface area contributed by atoms with E-state index in [0.29, 0.717) is 16.5 Å². The van der Waals surface area contributed by atoms with Crippen molar-refractivity contribution in [3.8, 4) is 0 Å². The van der Waals surface area contributed by atoms with Crippen LogP contribution in [0.4, 0.5) is 14.5 Å². The molecule has 3 rings (SSSR count). The number of aromatic amines is 1. The zero-order valence-electron chi connectivity index (χ0n) is 11.2. The molecule has 0 atom stereocenters. The van der Waals surface area contributed by atoms with Crippen molar-refractivity contribution in [3.05, 3.63) is 76.2 Å². The van der Waals surface area contributed by atoms with Gasteiger partial charge in [-0.15, -0.1) is 0 Å². The van der Waals surface area contributed by atoms with Crippen LogP contribution < -0.4 is 10.9 Å². The lowest BCUT2D eigenvalue weighted by atomic mass is 10.1. The molecule has 6 heteroatoms. The van der Waals surface area contributed by atoms with Crippen LogP contribution in [0.2, 0.25) is 0 Å². The van der Waals surface area contributed by atoms with Gasteiger partial charge in [0.25, 0.3) is 11.5 Å². The Hall–Kier alpha value is -3.02. The highest BCUT2D eigenvalue weighted by Gasteiger charge is 2.10. The first-order valence-electron chi connectivity index (χ1n) is 6.42.